The zero-order chi connectivity index (χ0) is 17.1. The fraction of sp³-hybridized carbons (Fsp3) is 0.0667. The number of hydrogen-bond acceptors (Lipinski definition) is 5. The van der Waals surface area contributed by atoms with Gasteiger partial charge in [-0.05, 0) is 12.1 Å². The van der Waals surface area contributed by atoms with E-state index in [1.807, 2.05) is 0 Å². The Labute approximate surface area is 134 Å². The van der Waals surface area contributed by atoms with Gasteiger partial charge in [-0.3, -0.25) is 9.78 Å². The van der Waals surface area contributed by atoms with E-state index in [9.17, 15) is 13.6 Å². The Morgan fingerprint density at radius 3 is 2.67 bits per heavy atom. The minimum absolute atomic E-state index is 0.0311. The van der Waals surface area contributed by atoms with Crippen LogP contribution >= 0.6 is 0 Å². The van der Waals surface area contributed by atoms with Gasteiger partial charge in [0.05, 0.1) is 11.9 Å². The third-order valence-electron chi connectivity index (χ3n) is 3.02. The minimum Gasteiger partial charge on any atom is -0.487 e. The monoisotopic (exact) mass is 331 g/mol. The zero-order valence-electron chi connectivity index (χ0n) is 12.2. The van der Waals surface area contributed by atoms with Gasteiger partial charge in [0.2, 0.25) is 0 Å². The predicted molar refractivity (Wildman–Crippen MR) is 78.4 cm³/mol. The van der Waals surface area contributed by atoms with Crippen LogP contribution in [0.5, 0.6) is 5.75 Å². The highest BCUT2D eigenvalue weighted by Gasteiger charge is 2.08. The average Bonchev–Trinajstić information content (AvgIpc) is 3.01. The summed E-state index contributed by atoms with van der Waals surface area (Å²) in [6, 6.07) is 5.96. The van der Waals surface area contributed by atoms with E-state index in [2.05, 4.69) is 15.3 Å². The molecular formula is C15H11F2N5O2. The van der Waals surface area contributed by atoms with E-state index < -0.39 is 17.5 Å². The van der Waals surface area contributed by atoms with E-state index in [4.69, 9.17) is 10.5 Å². The van der Waals surface area contributed by atoms with Gasteiger partial charge >= 0.3 is 0 Å². The topological polar surface area (TPSA) is 95.9 Å². The first-order valence-electron chi connectivity index (χ1n) is 6.77. The second-order valence-corrected chi connectivity index (χ2v) is 4.81. The van der Waals surface area contributed by atoms with Gasteiger partial charge in [-0.15, -0.1) is 5.10 Å². The van der Waals surface area contributed by atoms with Crippen LogP contribution in [-0.2, 0) is 6.61 Å². The number of nitrogens with two attached hydrogens (primary N) is 1. The van der Waals surface area contributed by atoms with Crippen molar-refractivity contribution in [3.63, 3.8) is 0 Å². The quantitative estimate of drug-likeness (QED) is 0.766. The number of nitrogens with zero attached hydrogens (tertiary/aromatic N) is 4. The van der Waals surface area contributed by atoms with Crippen LogP contribution in [-0.4, -0.2) is 25.9 Å². The van der Waals surface area contributed by atoms with Gasteiger partial charge < -0.3 is 10.5 Å². The standard InChI is InChI=1S/C15H11F2N5O2/c16-9-3-10(17)5-13(4-9)24-8-11-7-22(21-20-11)12-1-2-19-14(6-12)15(18)23/h1-7H,8H2,(H2,18,23). The Morgan fingerprint density at radius 2 is 1.96 bits per heavy atom. The lowest BCUT2D eigenvalue weighted by molar-refractivity contribution is 0.0995. The summed E-state index contributed by atoms with van der Waals surface area (Å²) in [5, 5.41) is 7.78. The molecule has 0 radical (unpaired) electrons. The Balaban J connectivity index is 1.74. The molecule has 7 nitrogen and oxygen atoms in total. The van der Waals surface area contributed by atoms with Crippen LogP contribution in [0, 0.1) is 11.6 Å². The fourth-order valence-corrected chi connectivity index (χ4v) is 1.96. The van der Waals surface area contributed by atoms with E-state index in [1.54, 1.807) is 12.3 Å². The van der Waals surface area contributed by atoms with E-state index in [0.717, 1.165) is 18.2 Å². The third-order valence-corrected chi connectivity index (χ3v) is 3.02. The molecule has 122 valence electrons. The summed E-state index contributed by atoms with van der Waals surface area (Å²) in [5.41, 5.74) is 6.23. The van der Waals surface area contributed by atoms with Crippen LogP contribution in [0.15, 0.2) is 42.7 Å². The number of benzene rings is 1. The largest absolute Gasteiger partial charge is 0.487 e. The van der Waals surface area contributed by atoms with Crippen molar-refractivity contribution < 1.29 is 18.3 Å². The number of primary amides is 1. The summed E-state index contributed by atoms with van der Waals surface area (Å²) in [6.07, 6.45) is 2.97. The molecule has 0 unspecified atom stereocenters. The Kier molecular flexibility index (Phi) is 4.15. The second-order valence-electron chi connectivity index (χ2n) is 4.81. The molecule has 1 aromatic carbocycles. The predicted octanol–water partition coefficient (Wildman–Crippen LogP) is 1.62. The van der Waals surface area contributed by atoms with E-state index >= 15 is 0 Å². The third kappa shape index (κ3) is 3.51. The molecule has 2 N–H and O–H groups in total. The van der Waals surface area contributed by atoms with Gasteiger partial charge in [0.15, 0.2) is 0 Å². The molecule has 0 aliphatic carbocycles. The van der Waals surface area contributed by atoms with Crippen LogP contribution in [0.1, 0.15) is 16.2 Å². The van der Waals surface area contributed by atoms with Crippen molar-refractivity contribution in [1.82, 2.24) is 20.0 Å². The molecule has 24 heavy (non-hydrogen) atoms. The summed E-state index contributed by atoms with van der Waals surface area (Å²) in [4.78, 5) is 15.0. The number of halogens is 2. The molecular weight excluding hydrogens is 320 g/mol. The van der Waals surface area contributed by atoms with Crippen LogP contribution in [0.2, 0.25) is 0 Å². The van der Waals surface area contributed by atoms with E-state index in [0.29, 0.717) is 11.4 Å². The smallest absolute Gasteiger partial charge is 0.267 e. The summed E-state index contributed by atoms with van der Waals surface area (Å²) in [5.74, 6) is -2.08. The second kappa shape index (κ2) is 6.41. The maximum absolute atomic E-state index is 13.1. The zero-order valence-corrected chi connectivity index (χ0v) is 12.2. The lowest BCUT2D eigenvalue weighted by atomic mass is 10.3. The first-order valence-corrected chi connectivity index (χ1v) is 6.77. The molecule has 0 fully saturated rings. The molecule has 2 aromatic heterocycles. The summed E-state index contributed by atoms with van der Waals surface area (Å²) < 4.78 is 32.9. The van der Waals surface area contributed by atoms with Crippen molar-refractivity contribution in [3.05, 3.63) is 65.7 Å². The van der Waals surface area contributed by atoms with E-state index in [1.165, 1.54) is 16.9 Å². The molecule has 0 aliphatic heterocycles. The highest BCUT2D eigenvalue weighted by Crippen LogP contribution is 2.16. The van der Waals surface area contributed by atoms with Gasteiger partial charge in [0.1, 0.15) is 35.4 Å². The molecule has 3 rings (SSSR count). The highest BCUT2D eigenvalue weighted by molar-refractivity contribution is 5.91. The van der Waals surface area contributed by atoms with E-state index in [-0.39, 0.29) is 18.1 Å². The Bertz CT molecular complexity index is 877. The van der Waals surface area contributed by atoms with Gasteiger partial charge in [-0.25, -0.2) is 13.5 Å². The van der Waals surface area contributed by atoms with Crippen molar-refractivity contribution in [2.24, 2.45) is 5.73 Å². The maximum Gasteiger partial charge on any atom is 0.267 e. The number of aromatic nitrogens is 4. The van der Waals surface area contributed by atoms with Crippen molar-refractivity contribution >= 4 is 5.91 Å². The van der Waals surface area contributed by atoms with Gasteiger partial charge in [-0.2, -0.15) is 0 Å². The van der Waals surface area contributed by atoms with Crippen molar-refractivity contribution in [1.29, 1.82) is 0 Å². The van der Waals surface area contributed by atoms with Crippen molar-refractivity contribution in [3.8, 4) is 11.4 Å². The van der Waals surface area contributed by atoms with Crippen molar-refractivity contribution in [2.45, 2.75) is 6.61 Å². The molecule has 1 amide bonds. The molecule has 0 aliphatic rings. The normalized spacial score (nSPS) is 10.6. The van der Waals surface area contributed by atoms with Crippen LogP contribution in [0.3, 0.4) is 0 Å². The minimum atomic E-state index is -0.732. The van der Waals surface area contributed by atoms with Crippen LogP contribution < -0.4 is 10.5 Å². The Morgan fingerprint density at radius 1 is 1.21 bits per heavy atom. The van der Waals surface area contributed by atoms with Crippen molar-refractivity contribution in [2.75, 3.05) is 0 Å². The number of pyridine rings is 1. The Hall–Kier alpha value is -3.36. The molecule has 0 bridgehead atoms. The number of carbonyl (C=O) groups excluding carboxylic acids is 1. The molecule has 9 heteroatoms. The summed E-state index contributed by atoms with van der Waals surface area (Å²) in [7, 11) is 0. The first kappa shape index (κ1) is 15.5. The molecule has 0 saturated carbocycles. The fourth-order valence-electron chi connectivity index (χ4n) is 1.96. The molecule has 0 spiro atoms. The lowest BCUT2D eigenvalue weighted by Gasteiger charge is -2.04. The molecule has 0 atom stereocenters. The number of hydrogen-bond donors (Lipinski definition) is 1. The summed E-state index contributed by atoms with van der Waals surface area (Å²) >= 11 is 0. The number of amides is 1. The number of carbonyl (C=O) groups is 1. The molecule has 3 aromatic rings. The molecule has 0 saturated heterocycles. The van der Waals surface area contributed by atoms with Gasteiger partial charge in [-0.1, -0.05) is 5.21 Å². The number of ether oxygens (including phenoxy) is 1. The maximum atomic E-state index is 13.1. The van der Waals surface area contributed by atoms with Crippen LogP contribution in [0.4, 0.5) is 8.78 Å². The average molecular weight is 331 g/mol. The summed E-state index contributed by atoms with van der Waals surface area (Å²) in [6.45, 7) is -0.0311. The lowest BCUT2D eigenvalue weighted by Crippen LogP contribution is -2.13. The highest BCUT2D eigenvalue weighted by atomic mass is 19.1. The first-order chi connectivity index (χ1) is 11.5. The van der Waals surface area contributed by atoms with Gasteiger partial charge in [0, 0.05) is 24.4 Å². The molecule has 2 heterocycles. The van der Waals surface area contributed by atoms with Crippen LogP contribution in [0.25, 0.3) is 5.69 Å². The number of rotatable bonds is 5. The SMILES string of the molecule is NC(=O)c1cc(-n2cc(COc3cc(F)cc(F)c3)nn2)ccn1. The van der Waals surface area contributed by atoms with Gasteiger partial charge in [0.25, 0.3) is 5.91 Å².